The van der Waals surface area contributed by atoms with Crippen molar-refractivity contribution >= 4 is 17.7 Å². The molecule has 6 heteroatoms. The number of aromatic hydroxyl groups is 1. The number of benzene rings is 1. The van der Waals surface area contributed by atoms with Crippen LogP contribution in [0, 0.1) is 0 Å². The molecule has 0 heterocycles. The van der Waals surface area contributed by atoms with Crippen LogP contribution in [0.2, 0.25) is 0 Å². The van der Waals surface area contributed by atoms with Gasteiger partial charge in [-0.15, -0.1) is 0 Å². The van der Waals surface area contributed by atoms with Gasteiger partial charge in [0, 0.05) is 12.6 Å². The molecule has 0 bridgehead atoms. The van der Waals surface area contributed by atoms with Crippen LogP contribution in [0.15, 0.2) is 18.2 Å². The van der Waals surface area contributed by atoms with Crippen molar-refractivity contribution < 1.29 is 19.8 Å². The van der Waals surface area contributed by atoms with Crippen molar-refractivity contribution in [2.24, 2.45) is 0 Å². The fraction of sp³-hybridized carbons (Fsp3) is 0.429. The summed E-state index contributed by atoms with van der Waals surface area (Å²) >= 11 is 0. The molecule has 1 aliphatic rings. The number of carboxylic acid groups (broad SMARTS) is 1. The number of amides is 2. The molecule has 1 aromatic carbocycles. The smallest absolute Gasteiger partial charge is 0.335 e. The minimum Gasteiger partial charge on any atom is -0.506 e. The Kier molecular flexibility index (Phi) is 4.12. The number of carbonyl (C=O) groups excluding carboxylic acids is 1. The van der Waals surface area contributed by atoms with Crippen molar-refractivity contribution in [2.45, 2.75) is 32.2 Å². The van der Waals surface area contributed by atoms with Crippen LogP contribution in [-0.4, -0.2) is 39.7 Å². The van der Waals surface area contributed by atoms with Gasteiger partial charge in [0.1, 0.15) is 5.75 Å². The first-order chi connectivity index (χ1) is 9.52. The van der Waals surface area contributed by atoms with E-state index in [0.717, 1.165) is 25.3 Å². The Balaban J connectivity index is 2.08. The molecule has 1 fully saturated rings. The van der Waals surface area contributed by atoms with Crippen LogP contribution in [0.4, 0.5) is 10.5 Å². The Bertz CT molecular complexity index is 526. The van der Waals surface area contributed by atoms with Crippen LogP contribution in [0.25, 0.3) is 0 Å². The van der Waals surface area contributed by atoms with Crippen LogP contribution >= 0.6 is 0 Å². The van der Waals surface area contributed by atoms with Gasteiger partial charge in [-0.1, -0.05) is 6.92 Å². The highest BCUT2D eigenvalue weighted by molar-refractivity contribution is 5.93. The Labute approximate surface area is 117 Å². The van der Waals surface area contributed by atoms with Gasteiger partial charge in [-0.3, -0.25) is 0 Å². The maximum Gasteiger partial charge on any atom is 0.335 e. The number of hydrogen-bond acceptors (Lipinski definition) is 3. The third-order valence-electron chi connectivity index (χ3n) is 3.20. The first kappa shape index (κ1) is 14.2. The summed E-state index contributed by atoms with van der Waals surface area (Å²) in [5.74, 6) is -1.37. The van der Waals surface area contributed by atoms with Crippen molar-refractivity contribution in [3.63, 3.8) is 0 Å². The molecule has 20 heavy (non-hydrogen) atoms. The zero-order valence-electron chi connectivity index (χ0n) is 11.3. The zero-order chi connectivity index (χ0) is 14.7. The Hall–Kier alpha value is -2.24. The van der Waals surface area contributed by atoms with Gasteiger partial charge >= 0.3 is 12.0 Å². The number of urea groups is 1. The number of nitrogens with zero attached hydrogens (tertiary/aromatic N) is 1. The molecule has 2 rings (SSSR count). The van der Waals surface area contributed by atoms with E-state index in [0.29, 0.717) is 6.54 Å². The lowest BCUT2D eigenvalue weighted by Gasteiger charge is -2.22. The van der Waals surface area contributed by atoms with Crippen molar-refractivity contribution in [1.82, 2.24) is 4.90 Å². The number of anilines is 1. The molecular weight excluding hydrogens is 260 g/mol. The summed E-state index contributed by atoms with van der Waals surface area (Å²) < 4.78 is 0. The predicted molar refractivity (Wildman–Crippen MR) is 74.1 cm³/mol. The molecule has 1 aromatic rings. The third kappa shape index (κ3) is 3.20. The number of hydrogen-bond donors (Lipinski definition) is 3. The van der Waals surface area contributed by atoms with Gasteiger partial charge in [0.05, 0.1) is 11.3 Å². The summed E-state index contributed by atoms with van der Waals surface area (Å²) in [6.45, 7) is 2.67. The minimum atomic E-state index is -1.12. The molecule has 6 nitrogen and oxygen atoms in total. The Morgan fingerprint density at radius 3 is 2.60 bits per heavy atom. The van der Waals surface area contributed by atoms with Crippen LogP contribution in [0.3, 0.4) is 0 Å². The highest BCUT2D eigenvalue weighted by Crippen LogP contribution is 2.29. The van der Waals surface area contributed by atoms with E-state index in [9.17, 15) is 14.7 Å². The van der Waals surface area contributed by atoms with Gasteiger partial charge in [-0.2, -0.15) is 0 Å². The normalized spacial score (nSPS) is 13.8. The largest absolute Gasteiger partial charge is 0.506 e. The van der Waals surface area contributed by atoms with Gasteiger partial charge in [-0.25, -0.2) is 9.59 Å². The molecule has 0 aliphatic heterocycles. The first-order valence-corrected chi connectivity index (χ1v) is 6.67. The highest BCUT2D eigenvalue weighted by atomic mass is 16.4. The molecule has 0 saturated heterocycles. The number of rotatable bonds is 5. The van der Waals surface area contributed by atoms with Gasteiger partial charge < -0.3 is 20.4 Å². The standard InChI is InChI=1S/C14H18N2O4/c1-2-7-16(10-4-5-10)14(20)15-11-6-3-9(13(18)19)8-12(11)17/h3,6,8,10,17H,2,4-5,7H2,1H3,(H,15,20)(H,18,19). The van der Waals surface area contributed by atoms with E-state index >= 15 is 0 Å². The number of aromatic carboxylic acids is 1. The number of carbonyl (C=O) groups is 2. The molecular formula is C14H18N2O4. The monoisotopic (exact) mass is 278 g/mol. The van der Waals surface area contributed by atoms with Crippen molar-refractivity contribution in [1.29, 1.82) is 0 Å². The zero-order valence-corrected chi connectivity index (χ0v) is 11.3. The maximum absolute atomic E-state index is 12.1. The number of phenolic OH excluding ortho intramolecular Hbond substituents is 1. The van der Waals surface area contributed by atoms with E-state index in [4.69, 9.17) is 5.11 Å². The van der Waals surface area contributed by atoms with E-state index < -0.39 is 5.97 Å². The van der Waals surface area contributed by atoms with Crippen LogP contribution < -0.4 is 5.32 Å². The fourth-order valence-corrected chi connectivity index (χ4v) is 2.03. The molecule has 0 spiro atoms. The molecule has 0 radical (unpaired) electrons. The fourth-order valence-electron chi connectivity index (χ4n) is 2.03. The quantitative estimate of drug-likeness (QED) is 0.722. The molecule has 108 valence electrons. The molecule has 0 unspecified atom stereocenters. The summed E-state index contributed by atoms with van der Waals surface area (Å²) in [5, 5.41) is 21.2. The van der Waals surface area contributed by atoms with Crippen LogP contribution in [-0.2, 0) is 0 Å². The summed E-state index contributed by atoms with van der Waals surface area (Å²) in [6.07, 6.45) is 2.89. The summed E-state index contributed by atoms with van der Waals surface area (Å²) in [5.41, 5.74) is 0.204. The molecule has 1 aliphatic carbocycles. The van der Waals surface area contributed by atoms with Crippen LogP contribution in [0.1, 0.15) is 36.5 Å². The van der Waals surface area contributed by atoms with Crippen molar-refractivity contribution in [2.75, 3.05) is 11.9 Å². The molecule has 0 aromatic heterocycles. The molecule has 0 atom stereocenters. The Morgan fingerprint density at radius 1 is 1.40 bits per heavy atom. The SMILES string of the molecule is CCCN(C(=O)Nc1ccc(C(=O)O)cc1O)C1CC1. The average Bonchev–Trinajstić information content (AvgIpc) is 3.22. The van der Waals surface area contributed by atoms with E-state index in [1.54, 1.807) is 4.90 Å². The lowest BCUT2D eigenvalue weighted by molar-refractivity contribution is 0.0696. The van der Waals surface area contributed by atoms with E-state index in [2.05, 4.69) is 5.32 Å². The second kappa shape index (κ2) is 5.81. The van der Waals surface area contributed by atoms with Crippen molar-refractivity contribution in [3.05, 3.63) is 23.8 Å². The van der Waals surface area contributed by atoms with Gasteiger partial charge in [-0.05, 0) is 37.5 Å². The number of carboxylic acids is 1. The second-order valence-corrected chi connectivity index (χ2v) is 4.89. The minimum absolute atomic E-state index is 0.0203. The Morgan fingerprint density at radius 2 is 2.10 bits per heavy atom. The predicted octanol–water partition coefficient (Wildman–Crippen LogP) is 2.50. The van der Waals surface area contributed by atoms with E-state index in [1.165, 1.54) is 12.1 Å². The van der Waals surface area contributed by atoms with E-state index in [-0.39, 0.29) is 29.1 Å². The second-order valence-electron chi connectivity index (χ2n) is 4.89. The third-order valence-corrected chi connectivity index (χ3v) is 3.20. The molecule has 2 amide bonds. The molecule has 1 saturated carbocycles. The summed E-state index contributed by atoms with van der Waals surface area (Å²) in [4.78, 5) is 24.7. The van der Waals surface area contributed by atoms with Crippen molar-refractivity contribution in [3.8, 4) is 5.75 Å². The lowest BCUT2D eigenvalue weighted by Crippen LogP contribution is -2.37. The summed E-state index contributed by atoms with van der Waals surface area (Å²) in [7, 11) is 0. The highest BCUT2D eigenvalue weighted by Gasteiger charge is 2.32. The first-order valence-electron chi connectivity index (χ1n) is 6.67. The van der Waals surface area contributed by atoms with Gasteiger partial charge in [0.2, 0.25) is 0 Å². The maximum atomic E-state index is 12.1. The van der Waals surface area contributed by atoms with Crippen LogP contribution in [0.5, 0.6) is 5.75 Å². The average molecular weight is 278 g/mol. The van der Waals surface area contributed by atoms with E-state index in [1.807, 2.05) is 6.92 Å². The van der Waals surface area contributed by atoms with Gasteiger partial charge in [0.25, 0.3) is 0 Å². The number of nitrogens with one attached hydrogen (secondary N) is 1. The topological polar surface area (TPSA) is 89.9 Å². The van der Waals surface area contributed by atoms with Gasteiger partial charge in [0.15, 0.2) is 0 Å². The number of phenols is 1. The lowest BCUT2D eigenvalue weighted by atomic mass is 10.2. The summed E-state index contributed by atoms with van der Waals surface area (Å²) in [6, 6.07) is 3.90. The molecule has 3 N–H and O–H groups in total.